The highest BCUT2D eigenvalue weighted by molar-refractivity contribution is 7.13. The van der Waals surface area contributed by atoms with Gasteiger partial charge in [-0.05, 0) is 66.0 Å². The second kappa shape index (κ2) is 7.82. The SMILES string of the molecule is NC1CCc2cc(CCN3CCN(c4nsc5ccccc45)CC3)ccc2C1. The third-order valence-corrected chi connectivity index (χ3v) is 7.10. The van der Waals surface area contributed by atoms with E-state index in [1.54, 1.807) is 11.5 Å². The molecule has 1 aliphatic heterocycles. The minimum Gasteiger partial charge on any atom is -0.353 e. The fourth-order valence-electron chi connectivity index (χ4n) is 4.56. The van der Waals surface area contributed by atoms with E-state index in [-0.39, 0.29) is 0 Å². The van der Waals surface area contributed by atoms with Gasteiger partial charge in [-0.3, -0.25) is 4.90 Å². The van der Waals surface area contributed by atoms with Crippen LogP contribution >= 0.6 is 11.5 Å². The van der Waals surface area contributed by atoms with E-state index in [1.807, 2.05) is 0 Å². The molecule has 2 aliphatic rings. The van der Waals surface area contributed by atoms with Crippen molar-refractivity contribution in [1.82, 2.24) is 9.27 Å². The van der Waals surface area contributed by atoms with E-state index in [0.29, 0.717) is 6.04 Å². The van der Waals surface area contributed by atoms with Gasteiger partial charge in [-0.1, -0.05) is 30.3 Å². The van der Waals surface area contributed by atoms with Gasteiger partial charge in [0.15, 0.2) is 0 Å². The monoisotopic (exact) mass is 392 g/mol. The van der Waals surface area contributed by atoms with Gasteiger partial charge in [0.05, 0.1) is 4.70 Å². The first-order valence-electron chi connectivity index (χ1n) is 10.4. The van der Waals surface area contributed by atoms with E-state index in [1.165, 1.54) is 32.6 Å². The van der Waals surface area contributed by atoms with Gasteiger partial charge in [0, 0.05) is 44.2 Å². The lowest BCUT2D eigenvalue weighted by Crippen LogP contribution is -2.47. The average molecular weight is 393 g/mol. The zero-order valence-corrected chi connectivity index (χ0v) is 17.1. The van der Waals surface area contributed by atoms with E-state index in [2.05, 4.69) is 52.3 Å². The maximum absolute atomic E-state index is 6.11. The Labute approximate surface area is 171 Å². The van der Waals surface area contributed by atoms with Crippen LogP contribution in [0.4, 0.5) is 5.82 Å². The molecule has 0 bridgehead atoms. The number of fused-ring (bicyclic) bond motifs is 2. The van der Waals surface area contributed by atoms with Crippen molar-refractivity contribution in [3.8, 4) is 0 Å². The molecule has 1 atom stereocenters. The molecular weight excluding hydrogens is 364 g/mol. The third-order valence-electron chi connectivity index (χ3n) is 6.28. The summed E-state index contributed by atoms with van der Waals surface area (Å²) in [5.41, 5.74) is 10.6. The Morgan fingerprint density at radius 3 is 2.79 bits per heavy atom. The molecule has 5 heteroatoms. The number of piperazine rings is 1. The van der Waals surface area contributed by atoms with Gasteiger partial charge in [-0.2, -0.15) is 4.37 Å². The molecule has 1 aliphatic carbocycles. The van der Waals surface area contributed by atoms with Crippen LogP contribution < -0.4 is 10.6 Å². The van der Waals surface area contributed by atoms with Crippen molar-refractivity contribution >= 4 is 27.4 Å². The smallest absolute Gasteiger partial charge is 0.150 e. The highest BCUT2D eigenvalue weighted by atomic mass is 32.1. The number of aryl methyl sites for hydroxylation is 1. The molecule has 1 saturated heterocycles. The number of rotatable bonds is 4. The summed E-state index contributed by atoms with van der Waals surface area (Å²) >= 11 is 1.61. The van der Waals surface area contributed by atoms with E-state index >= 15 is 0 Å². The summed E-state index contributed by atoms with van der Waals surface area (Å²) in [7, 11) is 0. The molecule has 0 radical (unpaired) electrons. The molecule has 1 unspecified atom stereocenters. The largest absolute Gasteiger partial charge is 0.353 e. The molecule has 0 saturated carbocycles. The first-order chi connectivity index (χ1) is 13.8. The molecule has 28 heavy (non-hydrogen) atoms. The first kappa shape index (κ1) is 18.1. The highest BCUT2D eigenvalue weighted by Gasteiger charge is 2.21. The van der Waals surface area contributed by atoms with Crippen molar-refractivity contribution in [2.45, 2.75) is 31.7 Å². The van der Waals surface area contributed by atoms with Crippen molar-refractivity contribution in [3.05, 3.63) is 59.2 Å². The maximum atomic E-state index is 6.11. The Hall–Kier alpha value is -1.95. The summed E-state index contributed by atoms with van der Waals surface area (Å²) in [6, 6.07) is 16.0. The normalized spacial score (nSPS) is 20.5. The van der Waals surface area contributed by atoms with Gasteiger partial charge in [0.1, 0.15) is 5.82 Å². The Morgan fingerprint density at radius 2 is 1.89 bits per heavy atom. The zero-order valence-electron chi connectivity index (χ0n) is 16.3. The molecule has 2 heterocycles. The predicted molar refractivity (Wildman–Crippen MR) is 118 cm³/mol. The van der Waals surface area contributed by atoms with Crippen molar-refractivity contribution in [1.29, 1.82) is 0 Å². The van der Waals surface area contributed by atoms with Crippen molar-refractivity contribution < 1.29 is 0 Å². The summed E-state index contributed by atoms with van der Waals surface area (Å²) in [5.74, 6) is 1.17. The number of hydrogen-bond donors (Lipinski definition) is 1. The van der Waals surface area contributed by atoms with Crippen LogP contribution in [-0.4, -0.2) is 48.0 Å². The highest BCUT2D eigenvalue weighted by Crippen LogP contribution is 2.30. The second-order valence-corrected chi connectivity index (χ2v) is 8.99. The summed E-state index contributed by atoms with van der Waals surface area (Å²) in [6.45, 7) is 5.51. The minimum absolute atomic E-state index is 0.351. The fourth-order valence-corrected chi connectivity index (χ4v) is 5.36. The molecule has 3 aromatic rings. The topological polar surface area (TPSA) is 45.4 Å². The van der Waals surface area contributed by atoms with Crippen molar-refractivity contribution in [2.24, 2.45) is 5.73 Å². The molecule has 0 spiro atoms. The van der Waals surface area contributed by atoms with Gasteiger partial charge in [-0.25, -0.2) is 0 Å². The van der Waals surface area contributed by atoms with Crippen LogP contribution in [0.2, 0.25) is 0 Å². The lowest BCUT2D eigenvalue weighted by Gasteiger charge is -2.35. The molecule has 2 N–H and O–H groups in total. The molecule has 0 amide bonds. The fraction of sp³-hybridized carbons (Fsp3) is 0.435. The van der Waals surface area contributed by atoms with Crippen LogP contribution in [0, 0.1) is 0 Å². The number of anilines is 1. The van der Waals surface area contributed by atoms with Gasteiger partial charge < -0.3 is 10.6 Å². The number of aromatic nitrogens is 1. The van der Waals surface area contributed by atoms with E-state index in [0.717, 1.165) is 58.4 Å². The summed E-state index contributed by atoms with van der Waals surface area (Å²) < 4.78 is 6.01. The Kier molecular flexibility index (Phi) is 5.05. The van der Waals surface area contributed by atoms with E-state index in [9.17, 15) is 0 Å². The van der Waals surface area contributed by atoms with Crippen LogP contribution in [-0.2, 0) is 19.3 Å². The molecule has 1 fully saturated rings. The van der Waals surface area contributed by atoms with Crippen LogP contribution in [0.1, 0.15) is 23.1 Å². The van der Waals surface area contributed by atoms with Crippen LogP contribution in [0.5, 0.6) is 0 Å². The Bertz CT molecular complexity index is 958. The molecule has 146 valence electrons. The second-order valence-electron chi connectivity index (χ2n) is 8.19. The Morgan fingerprint density at radius 1 is 1.04 bits per heavy atom. The predicted octanol–water partition coefficient (Wildman–Crippen LogP) is 3.48. The minimum atomic E-state index is 0.351. The summed E-state index contributed by atoms with van der Waals surface area (Å²) in [4.78, 5) is 5.05. The summed E-state index contributed by atoms with van der Waals surface area (Å²) in [6.07, 6.45) is 4.45. The van der Waals surface area contributed by atoms with Gasteiger partial charge in [-0.15, -0.1) is 0 Å². The molecular formula is C23H28N4S. The zero-order chi connectivity index (χ0) is 18.9. The van der Waals surface area contributed by atoms with Crippen LogP contribution in [0.25, 0.3) is 10.1 Å². The Balaban J connectivity index is 1.17. The number of benzene rings is 2. The lowest BCUT2D eigenvalue weighted by atomic mass is 9.87. The molecule has 4 nitrogen and oxygen atoms in total. The van der Waals surface area contributed by atoms with Crippen molar-refractivity contribution in [3.63, 3.8) is 0 Å². The van der Waals surface area contributed by atoms with Crippen LogP contribution in [0.3, 0.4) is 0 Å². The van der Waals surface area contributed by atoms with Gasteiger partial charge >= 0.3 is 0 Å². The molecule has 5 rings (SSSR count). The number of nitrogens with two attached hydrogens (primary N) is 1. The average Bonchev–Trinajstić information content (AvgIpc) is 3.17. The maximum Gasteiger partial charge on any atom is 0.150 e. The molecule has 2 aromatic carbocycles. The van der Waals surface area contributed by atoms with E-state index < -0.39 is 0 Å². The lowest BCUT2D eigenvalue weighted by molar-refractivity contribution is 0.260. The standard InChI is InChI=1S/C23H28N4S/c24-20-8-7-18-15-17(5-6-19(18)16-20)9-10-26-11-13-27(14-12-26)23-21-3-1-2-4-22(21)28-25-23/h1-6,15,20H,7-14,16,24H2. The quantitative estimate of drug-likeness (QED) is 0.738. The number of nitrogens with zero attached hydrogens (tertiary/aromatic N) is 3. The van der Waals surface area contributed by atoms with Gasteiger partial charge in [0.2, 0.25) is 0 Å². The van der Waals surface area contributed by atoms with Crippen LogP contribution in [0.15, 0.2) is 42.5 Å². The van der Waals surface area contributed by atoms with E-state index in [4.69, 9.17) is 10.1 Å². The van der Waals surface area contributed by atoms with Gasteiger partial charge in [0.25, 0.3) is 0 Å². The van der Waals surface area contributed by atoms with Crippen molar-refractivity contribution in [2.75, 3.05) is 37.6 Å². The number of hydrogen-bond acceptors (Lipinski definition) is 5. The third kappa shape index (κ3) is 3.66. The first-order valence-corrected chi connectivity index (χ1v) is 11.2. The summed E-state index contributed by atoms with van der Waals surface area (Å²) in [5, 5.41) is 1.30. The molecule has 1 aromatic heterocycles.